The molecule has 3 aromatic rings. The summed E-state index contributed by atoms with van der Waals surface area (Å²) in [6.07, 6.45) is 3.45. The lowest BCUT2D eigenvalue weighted by atomic mass is 10.1. The van der Waals surface area contributed by atoms with Crippen LogP contribution in [0.1, 0.15) is 24.2 Å². The lowest BCUT2D eigenvalue weighted by molar-refractivity contribution is 0.102. The molecule has 2 aromatic heterocycles. The number of nitrogens with one attached hydrogen (secondary N) is 1. The number of aryl methyl sites for hydroxylation is 1. The first-order chi connectivity index (χ1) is 11.0. The van der Waals surface area contributed by atoms with Gasteiger partial charge in [0.05, 0.1) is 17.2 Å². The third-order valence-electron chi connectivity index (χ3n) is 3.23. The third kappa shape index (κ3) is 3.31. The van der Waals surface area contributed by atoms with Crippen LogP contribution in [0.5, 0.6) is 5.75 Å². The Bertz CT molecular complexity index is 840. The molecule has 0 spiro atoms. The van der Waals surface area contributed by atoms with Crippen molar-refractivity contribution in [1.29, 1.82) is 0 Å². The molecular formula is C17H18N4O2. The van der Waals surface area contributed by atoms with Crippen LogP contribution < -0.4 is 10.1 Å². The van der Waals surface area contributed by atoms with Gasteiger partial charge < -0.3 is 10.1 Å². The van der Waals surface area contributed by atoms with Crippen LogP contribution in [0.3, 0.4) is 0 Å². The summed E-state index contributed by atoms with van der Waals surface area (Å²) < 4.78 is 7.50. The molecule has 0 atom stereocenters. The van der Waals surface area contributed by atoms with Gasteiger partial charge in [0.2, 0.25) is 0 Å². The van der Waals surface area contributed by atoms with Crippen LogP contribution in [-0.2, 0) is 7.05 Å². The van der Waals surface area contributed by atoms with Crippen molar-refractivity contribution in [3.63, 3.8) is 0 Å². The summed E-state index contributed by atoms with van der Waals surface area (Å²) in [6.45, 7) is 3.84. The summed E-state index contributed by atoms with van der Waals surface area (Å²) >= 11 is 0. The zero-order valence-corrected chi connectivity index (χ0v) is 13.3. The molecule has 1 N–H and O–H groups in total. The van der Waals surface area contributed by atoms with Crippen LogP contribution in [0.4, 0.5) is 5.82 Å². The maximum absolute atomic E-state index is 12.6. The summed E-state index contributed by atoms with van der Waals surface area (Å²) in [7, 11) is 1.84. The lowest BCUT2D eigenvalue weighted by Gasteiger charge is -2.14. The molecule has 3 rings (SSSR count). The van der Waals surface area contributed by atoms with Gasteiger partial charge in [0, 0.05) is 30.9 Å². The van der Waals surface area contributed by atoms with Gasteiger partial charge in [-0.15, -0.1) is 0 Å². The van der Waals surface area contributed by atoms with Crippen molar-refractivity contribution in [1.82, 2.24) is 14.8 Å². The fourth-order valence-corrected chi connectivity index (χ4v) is 2.33. The molecule has 0 aliphatic rings. The molecule has 0 unspecified atom stereocenters. The predicted octanol–water partition coefficient (Wildman–Crippen LogP) is 3.01. The van der Waals surface area contributed by atoms with Gasteiger partial charge in [-0.25, -0.2) is 4.98 Å². The Morgan fingerprint density at radius 2 is 2.13 bits per heavy atom. The SMILES string of the molecule is CC(C)Oc1cc2nn(C)cc2cc1C(=O)Nc1ccccn1. The van der Waals surface area contributed by atoms with Crippen LogP contribution >= 0.6 is 0 Å². The van der Waals surface area contributed by atoms with E-state index in [0.29, 0.717) is 17.1 Å². The Morgan fingerprint density at radius 1 is 1.30 bits per heavy atom. The quantitative estimate of drug-likeness (QED) is 0.804. The Morgan fingerprint density at radius 3 is 2.83 bits per heavy atom. The van der Waals surface area contributed by atoms with Crippen LogP contribution in [0.25, 0.3) is 10.9 Å². The summed E-state index contributed by atoms with van der Waals surface area (Å²) in [4.78, 5) is 16.7. The van der Waals surface area contributed by atoms with E-state index < -0.39 is 0 Å². The maximum atomic E-state index is 12.6. The number of aromatic nitrogens is 3. The minimum atomic E-state index is -0.259. The highest BCUT2D eigenvalue weighted by Gasteiger charge is 2.17. The normalized spacial score (nSPS) is 11.0. The zero-order chi connectivity index (χ0) is 16.4. The number of ether oxygens (including phenoxy) is 1. The van der Waals surface area contributed by atoms with E-state index in [1.807, 2.05) is 33.2 Å². The minimum Gasteiger partial charge on any atom is -0.490 e. The zero-order valence-electron chi connectivity index (χ0n) is 13.3. The molecule has 0 aliphatic carbocycles. The van der Waals surface area contributed by atoms with Crippen molar-refractivity contribution in [2.75, 3.05) is 5.32 Å². The van der Waals surface area contributed by atoms with E-state index in [1.165, 1.54) is 0 Å². The van der Waals surface area contributed by atoms with E-state index >= 15 is 0 Å². The number of hydrogen-bond donors (Lipinski definition) is 1. The number of fused-ring (bicyclic) bond motifs is 1. The average molecular weight is 310 g/mol. The number of nitrogens with zero attached hydrogens (tertiary/aromatic N) is 3. The van der Waals surface area contributed by atoms with E-state index in [2.05, 4.69) is 15.4 Å². The fourth-order valence-electron chi connectivity index (χ4n) is 2.33. The number of hydrogen-bond acceptors (Lipinski definition) is 4. The van der Waals surface area contributed by atoms with Crippen LogP contribution in [0, 0.1) is 0 Å². The van der Waals surface area contributed by atoms with Crippen molar-refractivity contribution in [2.45, 2.75) is 20.0 Å². The highest BCUT2D eigenvalue weighted by molar-refractivity contribution is 6.08. The first-order valence-electron chi connectivity index (χ1n) is 7.39. The number of anilines is 1. The maximum Gasteiger partial charge on any atom is 0.260 e. The highest BCUT2D eigenvalue weighted by Crippen LogP contribution is 2.27. The first-order valence-corrected chi connectivity index (χ1v) is 7.39. The van der Waals surface area contributed by atoms with E-state index in [0.717, 1.165) is 10.9 Å². The van der Waals surface area contributed by atoms with E-state index in [-0.39, 0.29) is 12.0 Å². The molecule has 0 aliphatic heterocycles. The summed E-state index contributed by atoms with van der Waals surface area (Å²) in [5, 5.41) is 8.03. The molecule has 0 fully saturated rings. The Balaban J connectivity index is 2.00. The minimum absolute atomic E-state index is 0.0439. The molecule has 0 radical (unpaired) electrons. The second-order valence-electron chi connectivity index (χ2n) is 5.55. The molecule has 0 saturated heterocycles. The molecule has 0 bridgehead atoms. The fraction of sp³-hybridized carbons (Fsp3) is 0.235. The third-order valence-corrected chi connectivity index (χ3v) is 3.23. The Kier molecular flexibility index (Phi) is 3.97. The summed E-state index contributed by atoms with van der Waals surface area (Å²) in [5.41, 5.74) is 1.25. The molecule has 1 amide bonds. The van der Waals surface area contributed by atoms with Gasteiger partial charge in [0.1, 0.15) is 11.6 Å². The van der Waals surface area contributed by atoms with Gasteiger partial charge in [-0.05, 0) is 32.0 Å². The van der Waals surface area contributed by atoms with Gasteiger partial charge in [0.25, 0.3) is 5.91 Å². The number of carbonyl (C=O) groups is 1. The van der Waals surface area contributed by atoms with Crippen LogP contribution in [-0.4, -0.2) is 26.8 Å². The Labute approximate surface area is 134 Å². The van der Waals surface area contributed by atoms with Crippen LogP contribution in [0.2, 0.25) is 0 Å². The standard InChI is InChI=1S/C17H18N4O2/c1-11(2)23-15-9-14-12(10-21(3)20-14)8-13(15)17(22)19-16-6-4-5-7-18-16/h4-11H,1-3H3,(H,18,19,22). The number of benzene rings is 1. The molecule has 6 heteroatoms. The summed E-state index contributed by atoms with van der Waals surface area (Å²) in [5.74, 6) is 0.754. The largest absolute Gasteiger partial charge is 0.490 e. The molecular weight excluding hydrogens is 292 g/mol. The van der Waals surface area contributed by atoms with Crippen molar-refractivity contribution in [3.8, 4) is 5.75 Å². The number of pyridine rings is 1. The van der Waals surface area contributed by atoms with E-state index in [4.69, 9.17) is 4.74 Å². The van der Waals surface area contributed by atoms with Gasteiger partial charge in [0.15, 0.2) is 0 Å². The number of carbonyl (C=O) groups excluding carboxylic acids is 1. The van der Waals surface area contributed by atoms with E-state index in [9.17, 15) is 4.79 Å². The first kappa shape index (κ1) is 15.0. The van der Waals surface area contributed by atoms with Gasteiger partial charge >= 0.3 is 0 Å². The van der Waals surface area contributed by atoms with Gasteiger partial charge in [-0.1, -0.05) is 6.07 Å². The lowest BCUT2D eigenvalue weighted by Crippen LogP contribution is -2.16. The smallest absolute Gasteiger partial charge is 0.260 e. The molecule has 23 heavy (non-hydrogen) atoms. The van der Waals surface area contributed by atoms with Crippen molar-refractivity contribution >= 4 is 22.6 Å². The second kappa shape index (κ2) is 6.08. The highest BCUT2D eigenvalue weighted by atomic mass is 16.5. The van der Waals surface area contributed by atoms with Crippen molar-refractivity contribution < 1.29 is 9.53 Å². The number of rotatable bonds is 4. The van der Waals surface area contributed by atoms with Gasteiger partial charge in [-0.3, -0.25) is 9.48 Å². The molecule has 1 aromatic carbocycles. The van der Waals surface area contributed by atoms with Crippen LogP contribution in [0.15, 0.2) is 42.7 Å². The summed E-state index contributed by atoms with van der Waals surface area (Å²) in [6, 6.07) is 8.94. The molecule has 2 heterocycles. The molecule has 6 nitrogen and oxygen atoms in total. The topological polar surface area (TPSA) is 69.0 Å². The molecule has 0 saturated carbocycles. The second-order valence-corrected chi connectivity index (χ2v) is 5.55. The number of amides is 1. The molecule has 118 valence electrons. The van der Waals surface area contributed by atoms with Crippen molar-refractivity contribution in [3.05, 3.63) is 48.3 Å². The average Bonchev–Trinajstić information content (AvgIpc) is 2.86. The Hall–Kier alpha value is -2.89. The van der Waals surface area contributed by atoms with Gasteiger partial charge in [-0.2, -0.15) is 5.10 Å². The monoisotopic (exact) mass is 310 g/mol. The predicted molar refractivity (Wildman–Crippen MR) is 88.7 cm³/mol. The van der Waals surface area contributed by atoms with E-state index in [1.54, 1.807) is 35.1 Å². The van der Waals surface area contributed by atoms with Crippen molar-refractivity contribution in [2.24, 2.45) is 7.05 Å².